The first-order valence-electron chi connectivity index (χ1n) is 14.6. The number of benzene rings is 2. The highest BCUT2D eigenvalue weighted by Gasteiger charge is 2.44. The van der Waals surface area contributed by atoms with Crippen LogP contribution in [0.1, 0.15) is 24.8 Å². The highest BCUT2D eigenvalue weighted by molar-refractivity contribution is 7.91. The van der Waals surface area contributed by atoms with Crippen LogP contribution in [0.2, 0.25) is 0 Å². The Hall–Kier alpha value is -2.91. The van der Waals surface area contributed by atoms with Gasteiger partial charge >= 0.3 is 0 Å². The maximum absolute atomic E-state index is 13.5. The Kier molecular flexibility index (Phi) is 10.0. The number of aromatic nitrogens is 1. The molecule has 3 N–H and O–H groups in total. The molecule has 2 atom stereocenters. The predicted octanol–water partition coefficient (Wildman–Crippen LogP) is 2.16. The smallest absolute Gasteiger partial charge is 0.243 e. The molecule has 2 aromatic carbocycles. The van der Waals surface area contributed by atoms with Gasteiger partial charge in [-0.1, -0.05) is 18.2 Å². The lowest BCUT2D eigenvalue weighted by Gasteiger charge is -2.38. The first-order chi connectivity index (χ1) is 21.0. The molecule has 1 aromatic heterocycles. The molecular formula is C31H39N3O8S2. The summed E-state index contributed by atoms with van der Waals surface area (Å²) in [6.07, 6.45) is 2.72. The number of nitrogens with zero attached hydrogens (tertiary/aromatic N) is 2. The largest absolute Gasteiger partial charge is 0.491 e. The van der Waals surface area contributed by atoms with Gasteiger partial charge in [0.25, 0.3) is 0 Å². The Bertz CT molecular complexity index is 1660. The van der Waals surface area contributed by atoms with Crippen LogP contribution < -0.4 is 10.1 Å². The monoisotopic (exact) mass is 645 g/mol. The summed E-state index contributed by atoms with van der Waals surface area (Å²) in [6.45, 7) is 2.87. The number of ether oxygens (including phenoxy) is 2. The minimum absolute atomic E-state index is 0.00160. The number of hydrogen-bond donors (Lipinski definition) is 3. The van der Waals surface area contributed by atoms with Crippen LogP contribution in [0.25, 0.3) is 11.3 Å². The molecule has 0 radical (unpaired) electrons. The van der Waals surface area contributed by atoms with Gasteiger partial charge in [-0.15, -0.1) is 0 Å². The van der Waals surface area contributed by atoms with E-state index in [0.717, 1.165) is 16.8 Å². The van der Waals surface area contributed by atoms with Gasteiger partial charge < -0.3 is 25.0 Å². The van der Waals surface area contributed by atoms with Gasteiger partial charge in [-0.3, -0.25) is 4.98 Å². The average molecular weight is 646 g/mol. The number of piperidine rings is 1. The molecule has 2 saturated heterocycles. The molecule has 1 spiro atoms. The van der Waals surface area contributed by atoms with Crippen molar-refractivity contribution in [3.8, 4) is 17.0 Å². The SMILES string of the molecule is Cc1ccnc(-c2cccc(S(=O)(=O)N3CCC4(CC3)CC(NCC(O)COc3cccc(S(=O)(=O)CCO)c3)CO4)c2)c1. The minimum atomic E-state index is -3.68. The van der Waals surface area contributed by atoms with Crippen LogP contribution in [-0.4, -0.2) is 99.3 Å². The summed E-state index contributed by atoms with van der Waals surface area (Å²) in [5.74, 6) is -0.0614. The third-order valence-corrected chi connectivity index (χ3v) is 11.7. The van der Waals surface area contributed by atoms with E-state index in [9.17, 15) is 21.9 Å². The third-order valence-electron chi connectivity index (χ3n) is 8.13. The molecule has 13 heteroatoms. The Morgan fingerprint density at radius 2 is 1.82 bits per heavy atom. The highest BCUT2D eigenvalue weighted by Crippen LogP contribution is 2.37. The Morgan fingerprint density at radius 3 is 2.57 bits per heavy atom. The minimum Gasteiger partial charge on any atom is -0.491 e. The lowest BCUT2D eigenvalue weighted by Crippen LogP contribution is -2.47. The van der Waals surface area contributed by atoms with Gasteiger partial charge in [0.1, 0.15) is 18.5 Å². The fraction of sp³-hybridized carbons (Fsp3) is 0.452. The maximum Gasteiger partial charge on any atom is 0.243 e. The van der Waals surface area contributed by atoms with Crippen LogP contribution in [0.4, 0.5) is 0 Å². The van der Waals surface area contributed by atoms with Gasteiger partial charge in [0.05, 0.1) is 40.1 Å². The van der Waals surface area contributed by atoms with Crippen molar-refractivity contribution in [1.82, 2.24) is 14.6 Å². The molecule has 0 bridgehead atoms. The van der Waals surface area contributed by atoms with Gasteiger partial charge in [0.2, 0.25) is 10.0 Å². The second-order valence-electron chi connectivity index (χ2n) is 11.4. The van der Waals surface area contributed by atoms with E-state index in [4.69, 9.17) is 14.6 Å². The zero-order chi connectivity index (χ0) is 31.4. The Morgan fingerprint density at radius 1 is 1.07 bits per heavy atom. The van der Waals surface area contributed by atoms with Crippen molar-refractivity contribution in [3.05, 3.63) is 72.4 Å². The summed E-state index contributed by atoms with van der Waals surface area (Å²) in [4.78, 5) is 4.69. The molecule has 2 aliphatic heterocycles. The van der Waals surface area contributed by atoms with Gasteiger partial charge in [-0.25, -0.2) is 16.8 Å². The van der Waals surface area contributed by atoms with Crippen molar-refractivity contribution in [2.24, 2.45) is 0 Å². The summed E-state index contributed by atoms with van der Waals surface area (Å²) >= 11 is 0. The summed E-state index contributed by atoms with van der Waals surface area (Å²) in [5, 5.41) is 22.8. The summed E-state index contributed by atoms with van der Waals surface area (Å²) in [5.41, 5.74) is 2.11. The summed E-state index contributed by atoms with van der Waals surface area (Å²) in [7, 11) is -7.29. The molecule has 0 saturated carbocycles. The van der Waals surface area contributed by atoms with Gasteiger partial charge in [-0.2, -0.15) is 4.31 Å². The van der Waals surface area contributed by atoms with Gasteiger partial charge in [0.15, 0.2) is 9.84 Å². The first-order valence-corrected chi connectivity index (χ1v) is 17.7. The number of aryl methyl sites for hydroxylation is 1. The van der Waals surface area contributed by atoms with Crippen molar-refractivity contribution in [2.75, 3.05) is 45.2 Å². The number of nitrogens with one attached hydrogen (secondary N) is 1. The number of aliphatic hydroxyl groups is 2. The molecule has 0 amide bonds. The predicted molar refractivity (Wildman–Crippen MR) is 165 cm³/mol. The standard InChI is InChI=1S/C31H39N3O8S2/c1-23-8-11-32-30(16-23)24-4-2-7-29(17-24)44(39,40)34-12-9-31(10-13-34)19-25(21-42-31)33-20-26(36)22-41-27-5-3-6-28(18-27)43(37,38)15-14-35/h2-8,11,16-18,25-26,33,35-36H,9-10,12-15,19-22H2,1H3. The number of aliphatic hydroxyl groups excluding tert-OH is 2. The summed E-state index contributed by atoms with van der Waals surface area (Å²) in [6, 6.07) is 16.7. The number of sulfonamides is 1. The van der Waals surface area contributed by atoms with Crippen molar-refractivity contribution in [2.45, 2.75) is 53.7 Å². The van der Waals surface area contributed by atoms with E-state index in [1.54, 1.807) is 36.5 Å². The molecular weight excluding hydrogens is 606 g/mol. The number of pyridine rings is 1. The van der Waals surface area contributed by atoms with E-state index in [1.165, 1.54) is 16.4 Å². The normalized spacial score (nSPS) is 19.7. The van der Waals surface area contributed by atoms with Crippen molar-refractivity contribution < 1.29 is 36.5 Å². The molecule has 3 aromatic rings. The van der Waals surface area contributed by atoms with E-state index in [2.05, 4.69) is 10.3 Å². The lowest BCUT2D eigenvalue weighted by atomic mass is 9.88. The summed E-state index contributed by atoms with van der Waals surface area (Å²) < 4.78 is 64.7. The van der Waals surface area contributed by atoms with Crippen LogP contribution in [0.3, 0.4) is 0 Å². The molecule has 2 aliphatic rings. The van der Waals surface area contributed by atoms with Crippen LogP contribution in [-0.2, 0) is 24.6 Å². The quantitative estimate of drug-likeness (QED) is 0.267. The van der Waals surface area contributed by atoms with Gasteiger partial charge in [-0.05, 0) is 74.2 Å². The Balaban J connectivity index is 1.10. The van der Waals surface area contributed by atoms with Crippen molar-refractivity contribution in [3.63, 3.8) is 0 Å². The van der Waals surface area contributed by atoms with Crippen LogP contribution in [0.15, 0.2) is 76.7 Å². The fourth-order valence-corrected chi connectivity index (χ4v) is 8.21. The average Bonchev–Trinajstić information content (AvgIpc) is 3.41. The molecule has 2 unspecified atom stereocenters. The van der Waals surface area contributed by atoms with Crippen molar-refractivity contribution >= 4 is 19.9 Å². The molecule has 11 nitrogen and oxygen atoms in total. The van der Waals surface area contributed by atoms with Gasteiger partial charge in [0, 0.05) is 37.4 Å². The number of rotatable bonds is 12. The van der Waals surface area contributed by atoms with Crippen LogP contribution in [0, 0.1) is 6.92 Å². The highest BCUT2D eigenvalue weighted by atomic mass is 32.2. The molecule has 5 rings (SSSR count). The van der Waals surface area contributed by atoms with E-state index in [1.807, 2.05) is 25.1 Å². The molecule has 238 valence electrons. The second kappa shape index (κ2) is 13.6. The zero-order valence-corrected chi connectivity index (χ0v) is 26.3. The maximum atomic E-state index is 13.5. The number of hydrogen-bond acceptors (Lipinski definition) is 10. The third kappa shape index (κ3) is 7.65. The molecule has 0 aliphatic carbocycles. The van der Waals surface area contributed by atoms with Crippen molar-refractivity contribution in [1.29, 1.82) is 0 Å². The first kappa shape index (κ1) is 32.5. The van der Waals surface area contributed by atoms with Crippen LogP contribution in [0.5, 0.6) is 5.75 Å². The van der Waals surface area contributed by atoms with E-state index < -0.39 is 38.2 Å². The Labute approximate surface area is 258 Å². The molecule has 3 heterocycles. The zero-order valence-electron chi connectivity index (χ0n) is 24.6. The fourth-order valence-electron chi connectivity index (χ4n) is 5.67. The molecule has 44 heavy (non-hydrogen) atoms. The second-order valence-corrected chi connectivity index (χ2v) is 15.5. The number of sulfone groups is 1. The van der Waals surface area contributed by atoms with E-state index >= 15 is 0 Å². The van der Waals surface area contributed by atoms with Crippen LogP contribution >= 0.6 is 0 Å². The van der Waals surface area contributed by atoms with E-state index in [0.29, 0.717) is 44.7 Å². The topological polar surface area (TPSA) is 155 Å². The lowest BCUT2D eigenvalue weighted by molar-refractivity contribution is -0.0312. The van der Waals surface area contributed by atoms with E-state index in [-0.39, 0.29) is 34.7 Å². The molecule has 2 fully saturated rings.